The molecule has 114 valence electrons. The highest BCUT2D eigenvalue weighted by Gasteiger charge is 2.11. The van der Waals surface area contributed by atoms with Crippen LogP contribution in [0.15, 0.2) is 9.59 Å². The SMILES string of the molecule is CCCn1c(N)c(NCCN(CC)CC)c(=O)[nH]c1=O. The van der Waals surface area contributed by atoms with Crippen molar-refractivity contribution in [3.8, 4) is 0 Å². The molecule has 1 aromatic rings. The third kappa shape index (κ3) is 3.86. The van der Waals surface area contributed by atoms with Crippen molar-refractivity contribution in [2.24, 2.45) is 0 Å². The van der Waals surface area contributed by atoms with E-state index in [0.717, 1.165) is 26.1 Å². The molecule has 0 radical (unpaired) electrons. The van der Waals surface area contributed by atoms with E-state index in [-0.39, 0.29) is 11.5 Å². The molecule has 20 heavy (non-hydrogen) atoms. The molecular weight excluding hydrogens is 258 g/mol. The molecule has 0 bridgehead atoms. The predicted molar refractivity (Wildman–Crippen MR) is 82.3 cm³/mol. The normalized spacial score (nSPS) is 11.0. The predicted octanol–water partition coefficient (Wildman–Crippen LogP) is 0.283. The summed E-state index contributed by atoms with van der Waals surface area (Å²) < 4.78 is 1.39. The summed E-state index contributed by atoms with van der Waals surface area (Å²) >= 11 is 0. The Kier molecular flexibility index (Phi) is 6.30. The van der Waals surface area contributed by atoms with Crippen LogP contribution < -0.4 is 22.3 Å². The standard InChI is InChI=1S/C13H25N5O2/c1-4-8-18-11(14)10(12(19)16-13(18)20)15-7-9-17(5-2)6-3/h15H,4-9,14H2,1-3H3,(H,16,19,20). The van der Waals surface area contributed by atoms with Crippen LogP contribution in [-0.2, 0) is 6.54 Å². The number of hydrogen-bond donors (Lipinski definition) is 3. The second-order valence-electron chi connectivity index (χ2n) is 4.62. The van der Waals surface area contributed by atoms with E-state index in [4.69, 9.17) is 5.73 Å². The molecule has 0 aliphatic carbocycles. The number of nitrogens with zero attached hydrogens (tertiary/aromatic N) is 2. The highest BCUT2D eigenvalue weighted by molar-refractivity contribution is 5.60. The molecule has 0 spiro atoms. The number of aromatic amines is 1. The molecule has 0 aromatic carbocycles. The van der Waals surface area contributed by atoms with E-state index < -0.39 is 11.2 Å². The van der Waals surface area contributed by atoms with Crippen molar-refractivity contribution in [3.63, 3.8) is 0 Å². The maximum atomic E-state index is 11.8. The van der Waals surface area contributed by atoms with Crippen LogP contribution in [-0.4, -0.2) is 40.6 Å². The summed E-state index contributed by atoms with van der Waals surface area (Å²) in [5.74, 6) is 0.208. The molecule has 0 aliphatic rings. The van der Waals surface area contributed by atoms with E-state index in [0.29, 0.717) is 13.1 Å². The van der Waals surface area contributed by atoms with E-state index in [2.05, 4.69) is 29.0 Å². The number of likely N-dealkylation sites (N-methyl/N-ethyl adjacent to an activating group) is 1. The Balaban J connectivity index is 2.87. The minimum Gasteiger partial charge on any atom is -0.383 e. The fourth-order valence-electron chi connectivity index (χ4n) is 2.08. The maximum absolute atomic E-state index is 11.8. The summed E-state index contributed by atoms with van der Waals surface area (Å²) in [5, 5.41) is 3.04. The number of hydrogen-bond acceptors (Lipinski definition) is 5. The number of H-pyrrole nitrogens is 1. The molecule has 0 saturated heterocycles. The molecule has 0 saturated carbocycles. The van der Waals surface area contributed by atoms with Gasteiger partial charge in [-0.2, -0.15) is 0 Å². The molecule has 0 aliphatic heterocycles. The average molecular weight is 283 g/mol. The highest BCUT2D eigenvalue weighted by atomic mass is 16.2. The van der Waals surface area contributed by atoms with Crippen LogP contribution in [0.2, 0.25) is 0 Å². The van der Waals surface area contributed by atoms with Crippen LogP contribution >= 0.6 is 0 Å². The molecule has 1 rings (SSSR count). The zero-order valence-corrected chi connectivity index (χ0v) is 12.5. The number of nitrogens with two attached hydrogens (primary N) is 1. The molecule has 4 N–H and O–H groups in total. The molecular formula is C13H25N5O2. The largest absolute Gasteiger partial charge is 0.383 e. The van der Waals surface area contributed by atoms with Gasteiger partial charge in [0.1, 0.15) is 11.5 Å². The van der Waals surface area contributed by atoms with Gasteiger partial charge in [0.25, 0.3) is 5.56 Å². The van der Waals surface area contributed by atoms with Crippen molar-refractivity contribution in [2.75, 3.05) is 37.2 Å². The van der Waals surface area contributed by atoms with Gasteiger partial charge < -0.3 is 16.0 Å². The highest BCUT2D eigenvalue weighted by Crippen LogP contribution is 2.09. The minimum atomic E-state index is -0.459. The summed E-state index contributed by atoms with van der Waals surface area (Å²) in [6.45, 7) is 9.96. The summed E-state index contributed by atoms with van der Waals surface area (Å²) in [4.78, 5) is 28.0. The van der Waals surface area contributed by atoms with Gasteiger partial charge in [0.05, 0.1) is 0 Å². The number of nitrogens with one attached hydrogen (secondary N) is 2. The van der Waals surface area contributed by atoms with Crippen LogP contribution in [0.4, 0.5) is 11.5 Å². The van der Waals surface area contributed by atoms with E-state index in [1.54, 1.807) is 0 Å². The second-order valence-corrected chi connectivity index (χ2v) is 4.62. The Labute approximate surface area is 118 Å². The fraction of sp³-hybridized carbons (Fsp3) is 0.692. The number of nitrogen functional groups attached to an aromatic ring is 1. The lowest BCUT2D eigenvalue weighted by molar-refractivity contribution is 0.316. The first-order valence-corrected chi connectivity index (χ1v) is 7.13. The number of aromatic nitrogens is 2. The van der Waals surface area contributed by atoms with Crippen LogP contribution in [0.25, 0.3) is 0 Å². The lowest BCUT2D eigenvalue weighted by Crippen LogP contribution is -2.35. The Morgan fingerprint density at radius 1 is 1.25 bits per heavy atom. The van der Waals surface area contributed by atoms with Gasteiger partial charge in [0, 0.05) is 19.6 Å². The average Bonchev–Trinajstić information content (AvgIpc) is 2.42. The Hall–Kier alpha value is -1.76. The van der Waals surface area contributed by atoms with Crippen molar-refractivity contribution in [2.45, 2.75) is 33.7 Å². The van der Waals surface area contributed by atoms with Gasteiger partial charge in [0.2, 0.25) is 0 Å². The monoisotopic (exact) mass is 283 g/mol. The molecule has 1 aromatic heterocycles. The molecule has 7 heteroatoms. The van der Waals surface area contributed by atoms with Gasteiger partial charge in [-0.15, -0.1) is 0 Å². The van der Waals surface area contributed by atoms with Gasteiger partial charge in [-0.05, 0) is 19.5 Å². The lowest BCUT2D eigenvalue weighted by Gasteiger charge is -2.19. The van der Waals surface area contributed by atoms with Crippen molar-refractivity contribution in [1.82, 2.24) is 14.5 Å². The summed E-state index contributed by atoms with van der Waals surface area (Å²) in [6.07, 6.45) is 0.773. The Bertz CT molecular complexity index is 531. The lowest BCUT2D eigenvalue weighted by atomic mass is 10.4. The molecule has 0 atom stereocenters. The van der Waals surface area contributed by atoms with E-state index >= 15 is 0 Å². The third-order valence-electron chi connectivity index (χ3n) is 3.31. The van der Waals surface area contributed by atoms with Crippen LogP contribution in [0.5, 0.6) is 0 Å². The van der Waals surface area contributed by atoms with E-state index in [1.807, 2.05) is 6.92 Å². The summed E-state index contributed by atoms with van der Waals surface area (Å²) in [7, 11) is 0. The van der Waals surface area contributed by atoms with Gasteiger partial charge in [-0.3, -0.25) is 14.3 Å². The van der Waals surface area contributed by atoms with Crippen molar-refractivity contribution in [3.05, 3.63) is 20.8 Å². The first-order valence-electron chi connectivity index (χ1n) is 7.13. The summed E-state index contributed by atoms with van der Waals surface area (Å²) in [6, 6.07) is 0. The molecule has 7 nitrogen and oxygen atoms in total. The first-order chi connectivity index (χ1) is 9.54. The number of rotatable bonds is 8. The van der Waals surface area contributed by atoms with E-state index in [1.165, 1.54) is 4.57 Å². The molecule has 0 amide bonds. The summed E-state index contributed by atoms with van der Waals surface area (Å²) in [5.41, 5.74) is 5.29. The van der Waals surface area contributed by atoms with Gasteiger partial charge in [-0.25, -0.2) is 4.79 Å². The van der Waals surface area contributed by atoms with Gasteiger partial charge in [-0.1, -0.05) is 20.8 Å². The van der Waals surface area contributed by atoms with Crippen molar-refractivity contribution < 1.29 is 0 Å². The minimum absolute atomic E-state index is 0.208. The van der Waals surface area contributed by atoms with Gasteiger partial charge >= 0.3 is 5.69 Å². The maximum Gasteiger partial charge on any atom is 0.330 e. The number of anilines is 2. The van der Waals surface area contributed by atoms with Crippen molar-refractivity contribution in [1.29, 1.82) is 0 Å². The quantitative estimate of drug-likeness (QED) is 0.637. The van der Waals surface area contributed by atoms with Crippen LogP contribution in [0.1, 0.15) is 27.2 Å². The second kappa shape index (κ2) is 7.74. The zero-order chi connectivity index (χ0) is 15.1. The smallest absolute Gasteiger partial charge is 0.330 e. The molecule has 0 fully saturated rings. The first kappa shape index (κ1) is 16.3. The van der Waals surface area contributed by atoms with Crippen LogP contribution in [0, 0.1) is 0 Å². The third-order valence-corrected chi connectivity index (χ3v) is 3.31. The van der Waals surface area contributed by atoms with Gasteiger partial charge in [0.15, 0.2) is 0 Å². The van der Waals surface area contributed by atoms with E-state index in [9.17, 15) is 9.59 Å². The van der Waals surface area contributed by atoms with Crippen molar-refractivity contribution >= 4 is 11.5 Å². The van der Waals surface area contributed by atoms with Crippen LogP contribution in [0.3, 0.4) is 0 Å². The molecule has 0 unspecified atom stereocenters. The Morgan fingerprint density at radius 2 is 1.90 bits per heavy atom. The topological polar surface area (TPSA) is 96.2 Å². The molecule has 1 heterocycles. The Morgan fingerprint density at radius 3 is 2.45 bits per heavy atom. The zero-order valence-electron chi connectivity index (χ0n) is 12.5. The fourth-order valence-corrected chi connectivity index (χ4v) is 2.08.